The molecule has 0 unspecified atom stereocenters. The Hall–Kier alpha value is -2.55. The van der Waals surface area contributed by atoms with Gasteiger partial charge in [-0.15, -0.1) is 0 Å². The number of hydrogen-bond acceptors (Lipinski definition) is 1. The standard InChI is InChI=1S/C23H18Cl2N2/c1-15-6-9-17(10-7-15)23-26-14-22(18-4-3-5-19(24)12-18)27(23)21-13-20(25)11-8-16(21)2/h3-14H,1-2H3. The first-order chi connectivity index (χ1) is 13.0. The molecule has 27 heavy (non-hydrogen) atoms. The van der Waals surface area contributed by atoms with Gasteiger partial charge in [-0.3, -0.25) is 4.57 Å². The summed E-state index contributed by atoms with van der Waals surface area (Å²) in [6.45, 7) is 4.15. The zero-order valence-corrected chi connectivity index (χ0v) is 16.6. The van der Waals surface area contributed by atoms with Crippen LogP contribution in [0.25, 0.3) is 28.3 Å². The highest BCUT2D eigenvalue weighted by Gasteiger charge is 2.17. The number of imidazole rings is 1. The molecule has 0 radical (unpaired) electrons. The average Bonchev–Trinajstić information content (AvgIpc) is 3.09. The highest BCUT2D eigenvalue weighted by atomic mass is 35.5. The van der Waals surface area contributed by atoms with Crippen LogP contribution in [0, 0.1) is 13.8 Å². The molecule has 0 aliphatic carbocycles. The second-order valence-corrected chi connectivity index (χ2v) is 7.48. The number of aryl methyl sites for hydroxylation is 2. The van der Waals surface area contributed by atoms with E-state index < -0.39 is 0 Å². The molecule has 2 nitrogen and oxygen atoms in total. The van der Waals surface area contributed by atoms with Crippen LogP contribution in [0.1, 0.15) is 11.1 Å². The fourth-order valence-electron chi connectivity index (χ4n) is 3.18. The van der Waals surface area contributed by atoms with E-state index in [1.54, 1.807) is 0 Å². The summed E-state index contributed by atoms with van der Waals surface area (Å²) in [5, 5.41) is 1.39. The number of aromatic nitrogens is 2. The third kappa shape index (κ3) is 3.51. The van der Waals surface area contributed by atoms with E-state index >= 15 is 0 Å². The van der Waals surface area contributed by atoms with Crippen molar-refractivity contribution in [1.82, 2.24) is 9.55 Å². The van der Waals surface area contributed by atoms with Crippen molar-refractivity contribution in [2.75, 3.05) is 0 Å². The minimum atomic E-state index is 0.691. The first-order valence-corrected chi connectivity index (χ1v) is 9.46. The molecular weight excluding hydrogens is 375 g/mol. The number of benzene rings is 3. The largest absolute Gasteiger partial charge is 0.292 e. The van der Waals surface area contributed by atoms with Crippen molar-refractivity contribution in [3.05, 3.63) is 94.1 Å². The van der Waals surface area contributed by atoms with Crippen LogP contribution >= 0.6 is 23.2 Å². The summed E-state index contributed by atoms with van der Waals surface area (Å²) in [4.78, 5) is 4.75. The van der Waals surface area contributed by atoms with Crippen molar-refractivity contribution in [2.45, 2.75) is 13.8 Å². The van der Waals surface area contributed by atoms with Crippen LogP contribution in [0.4, 0.5) is 0 Å². The quantitative estimate of drug-likeness (QED) is 0.362. The number of hydrogen-bond donors (Lipinski definition) is 0. The van der Waals surface area contributed by atoms with Crippen LogP contribution in [-0.4, -0.2) is 9.55 Å². The monoisotopic (exact) mass is 392 g/mol. The van der Waals surface area contributed by atoms with E-state index in [2.05, 4.69) is 42.7 Å². The molecule has 0 amide bonds. The number of rotatable bonds is 3. The maximum absolute atomic E-state index is 6.32. The van der Waals surface area contributed by atoms with Crippen molar-refractivity contribution in [1.29, 1.82) is 0 Å². The summed E-state index contributed by atoms with van der Waals surface area (Å²) >= 11 is 12.6. The van der Waals surface area contributed by atoms with Gasteiger partial charge in [0, 0.05) is 21.2 Å². The predicted molar refractivity (Wildman–Crippen MR) is 114 cm³/mol. The molecule has 3 aromatic carbocycles. The molecule has 0 atom stereocenters. The molecule has 1 aromatic heterocycles. The van der Waals surface area contributed by atoms with Crippen molar-refractivity contribution >= 4 is 23.2 Å². The van der Waals surface area contributed by atoms with E-state index in [0.717, 1.165) is 33.9 Å². The topological polar surface area (TPSA) is 17.8 Å². The molecule has 0 fully saturated rings. The Balaban J connectivity index is 2.01. The summed E-state index contributed by atoms with van der Waals surface area (Å²) in [7, 11) is 0. The summed E-state index contributed by atoms with van der Waals surface area (Å²) in [5.41, 5.74) is 6.37. The van der Waals surface area contributed by atoms with Crippen molar-refractivity contribution < 1.29 is 0 Å². The van der Waals surface area contributed by atoms with Gasteiger partial charge in [0.2, 0.25) is 0 Å². The third-order valence-electron chi connectivity index (χ3n) is 4.60. The predicted octanol–water partition coefficient (Wildman–Crippen LogP) is 7.13. The Morgan fingerprint density at radius 1 is 0.778 bits per heavy atom. The Bertz CT molecular complexity index is 1110. The molecule has 4 aromatic rings. The lowest BCUT2D eigenvalue weighted by Gasteiger charge is -2.16. The summed E-state index contributed by atoms with van der Waals surface area (Å²) < 4.78 is 2.15. The van der Waals surface area contributed by atoms with Gasteiger partial charge >= 0.3 is 0 Å². The zero-order valence-electron chi connectivity index (χ0n) is 15.1. The van der Waals surface area contributed by atoms with Crippen molar-refractivity contribution in [3.8, 4) is 28.3 Å². The molecular formula is C23H18Cl2N2. The number of halogens is 2. The first kappa shape index (κ1) is 17.8. The molecule has 4 heteroatoms. The van der Waals surface area contributed by atoms with Gasteiger partial charge in [-0.1, -0.05) is 71.2 Å². The van der Waals surface area contributed by atoms with E-state index in [9.17, 15) is 0 Å². The van der Waals surface area contributed by atoms with Crippen LogP contribution in [0.3, 0.4) is 0 Å². The fraction of sp³-hybridized carbons (Fsp3) is 0.0870. The Labute approximate surface area is 169 Å². The second kappa shape index (κ2) is 7.22. The number of nitrogens with zero attached hydrogens (tertiary/aromatic N) is 2. The Morgan fingerprint density at radius 3 is 2.26 bits per heavy atom. The van der Waals surface area contributed by atoms with Gasteiger partial charge < -0.3 is 0 Å². The minimum Gasteiger partial charge on any atom is -0.292 e. The SMILES string of the molecule is Cc1ccc(-c2ncc(-c3cccc(Cl)c3)n2-c2cc(Cl)ccc2C)cc1. The normalized spacial score (nSPS) is 11.0. The van der Waals surface area contributed by atoms with Crippen LogP contribution in [0.2, 0.25) is 10.0 Å². The van der Waals surface area contributed by atoms with E-state index in [-0.39, 0.29) is 0 Å². The van der Waals surface area contributed by atoms with Gasteiger partial charge in [0.05, 0.1) is 17.6 Å². The van der Waals surface area contributed by atoms with Crippen LogP contribution in [0.5, 0.6) is 0 Å². The molecule has 0 aliphatic rings. The summed E-state index contributed by atoms with van der Waals surface area (Å²) in [5.74, 6) is 0.871. The smallest absolute Gasteiger partial charge is 0.144 e. The fourth-order valence-corrected chi connectivity index (χ4v) is 3.53. The van der Waals surface area contributed by atoms with Crippen LogP contribution in [0.15, 0.2) is 72.9 Å². The van der Waals surface area contributed by atoms with Crippen molar-refractivity contribution in [2.24, 2.45) is 0 Å². The van der Waals surface area contributed by atoms with Crippen LogP contribution < -0.4 is 0 Å². The van der Waals surface area contributed by atoms with Crippen molar-refractivity contribution in [3.63, 3.8) is 0 Å². The molecule has 0 N–H and O–H groups in total. The third-order valence-corrected chi connectivity index (χ3v) is 5.07. The minimum absolute atomic E-state index is 0.691. The van der Waals surface area contributed by atoms with E-state index in [1.807, 2.05) is 48.7 Å². The molecule has 0 spiro atoms. The first-order valence-electron chi connectivity index (χ1n) is 8.70. The van der Waals surface area contributed by atoms with Gasteiger partial charge in [0.1, 0.15) is 5.82 Å². The molecule has 1 heterocycles. The maximum atomic E-state index is 6.32. The molecule has 0 saturated heterocycles. The van der Waals surface area contributed by atoms with Gasteiger partial charge in [0.25, 0.3) is 0 Å². The average molecular weight is 393 g/mol. The van der Waals surface area contributed by atoms with Gasteiger partial charge in [-0.05, 0) is 43.7 Å². The highest BCUT2D eigenvalue weighted by Crippen LogP contribution is 2.33. The van der Waals surface area contributed by atoms with E-state index in [0.29, 0.717) is 10.0 Å². The molecule has 0 aliphatic heterocycles. The molecule has 134 valence electrons. The lowest BCUT2D eigenvalue weighted by atomic mass is 10.1. The molecule has 0 saturated carbocycles. The van der Waals surface area contributed by atoms with Crippen LogP contribution in [-0.2, 0) is 0 Å². The summed E-state index contributed by atoms with van der Waals surface area (Å²) in [6, 6.07) is 22.1. The van der Waals surface area contributed by atoms with Gasteiger partial charge in [-0.25, -0.2) is 4.98 Å². The van der Waals surface area contributed by atoms with E-state index in [1.165, 1.54) is 5.56 Å². The molecule has 0 bridgehead atoms. The lowest BCUT2D eigenvalue weighted by molar-refractivity contribution is 1.06. The second-order valence-electron chi connectivity index (χ2n) is 6.61. The summed E-state index contributed by atoms with van der Waals surface area (Å²) in [6.07, 6.45) is 1.89. The Morgan fingerprint density at radius 2 is 1.52 bits per heavy atom. The van der Waals surface area contributed by atoms with Gasteiger partial charge in [0.15, 0.2) is 0 Å². The highest BCUT2D eigenvalue weighted by molar-refractivity contribution is 6.31. The van der Waals surface area contributed by atoms with Gasteiger partial charge in [-0.2, -0.15) is 0 Å². The van der Waals surface area contributed by atoms with E-state index in [4.69, 9.17) is 28.2 Å². The maximum Gasteiger partial charge on any atom is 0.144 e. The lowest BCUT2D eigenvalue weighted by Crippen LogP contribution is -2.02. The Kier molecular flexibility index (Phi) is 4.77. The zero-order chi connectivity index (χ0) is 19.0. The molecule has 4 rings (SSSR count).